The molecule has 1 heterocycles. The molecule has 2 heteroatoms. The van der Waals surface area contributed by atoms with Gasteiger partial charge in [0.1, 0.15) is 0 Å². The summed E-state index contributed by atoms with van der Waals surface area (Å²) in [6.45, 7) is 3.75. The Hall–Kier alpha value is -0.0251. The summed E-state index contributed by atoms with van der Waals surface area (Å²) in [5.74, 6) is 0. The minimum absolute atomic E-state index is 1.06. The van der Waals surface area contributed by atoms with Crippen LogP contribution in [0.2, 0.25) is 0 Å². The third-order valence-electron chi connectivity index (χ3n) is 2.43. The fourth-order valence-electron chi connectivity index (χ4n) is 1.58. The molecule has 0 bridgehead atoms. The highest BCUT2D eigenvalue weighted by atomic mass is 31.2. The van der Waals surface area contributed by atoms with Gasteiger partial charge in [-0.1, -0.05) is 18.2 Å². The monoisotopic (exact) mass is 179 g/mol. The Kier molecular flexibility index (Phi) is 4.08. The van der Waals surface area contributed by atoms with Gasteiger partial charge in [-0.05, 0) is 19.3 Å². The Balaban J connectivity index is 2.40. The van der Waals surface area contributed by atoms with Crippen LogP contribution in [0, 0.1) is 0 Å². The van der Waals surface area contributed by atoms with Gasteiger partial charge in [-0.15, -0.1) is 6.58 Å². The largest absolute Gasteiger partial charge is 0.306 e. The average molecular weight is 179 g/mol. The smallest absolute Gasteiger partial charge is 0.0152 e. The normalized spacial score (nSPS) is 21.8. The van der Waals surface area contributed by atoms with Crippen LogP contribution in [0.4, 0.5) is 0 Å². The lowest BCUT2D eigenvalue weighted by molar-refractivity contribution is 1.16. The van der Waals surface area contributed by atoms with E-state index in [0.29, 0.717) is 0 Å². The van der Waals surface area contributed by atoms with Crippen molar-refractivity contribution in [2.75, 3.05) is 18.5 Å². The molecular weight excluding hydrogens is 162 g/mol. The molecule has 0 spiro atoms. The van der Waals surface area contributed by atoms with Crippen molar-refractivity contribution in [2.45, 2.75) is 19.3 Å². The van der Waals surface area contributed by atoms with Gasteiger partial charge >= 0.3 is 0 Å². The minimum Gasteiger partial charge on any atom is -0.306 e. The molecule has 12 heavy (non-hydrogen) atoms. The second-order valence-corrected chi connectivity index (χ2v) is 7.29. The van der Waals surface area contributed by atoms with Gasteiger partial charge in [-0.25, -0.2) is 7.14 Å². The maximum absolute atomic E-state index is 6.37. The summed E-state index contributed by atoms with van der Waals surface area (Å²) >= 11 is 0. The van der Waals surface area contributed by atoms with Crippen LogP contribution in [0.25, 0.3) is 0 Å². The van der Waals surface area contributed by atoms with Crippen molar-refractivity contribution >= 4 is 14.7 Å². The van der Waals surface area contributed by atoms with E-state index >= 15 is 0 Å². The van der Waals surface area contributed by atoms with Gasteiger partial charge in [0.25, 0.3) is 0 Å². The highest BCUT2D eigenvalue weighted by molar-refractivity contribution is 7.97. The maximum atomic E-state index is 6.37. The molecule has 0 unspecified atom stereocenters. The van der Waals surface area contributed by atoms with Gasteiger partial charge in [0, 0.05) is 18.5 Å². The first-order chi connectivity index (χ1) is 5.77. The van der Waals surface area contributed by atoms with Crippen molar-refractivity contribution < 1.29 is 0 Å². The van der Waals surface area contributed by atoms with Gasteiger partial charge in [0.2, 0.25) is 0 Å². The van der Waals surface area contributed by atoms with Gasteiger partial charge in [0.05, 0.1) is 0 Å². The minimum atomic E-state index is -1.06. The van der Waals surface area contributed by atoms with Crippen LogP contribution in [0.15, 0.2) is 24.8 Å². The third kappa shape index (κ3) is 3.15. The second-order valence-electron chi connectivity index (χ2n) is 3.52. The fourth-order valence-corrected chi connectivity index (χ4v) is 4.28. The van der Waals surface area contributed by atoms with Crippen LogP contribution in [-0.4, -0.2) is 26.1 Å². The van der Waals surface area contributed by atoms with E-state index < -0.39 is 7.14 Å². The number of rotatable bonds is 3. The van der Waals surface area contributed by atoms with Gasteiger partial charge in [0.15, 0.2) is 0 Å². The average Bonchev–Trinajstić information content (AvgIpc) is 2.27. The lowest BCUT2D eigenvalue weighted by Gasteiger charge is -2.35. The molecule has 0 saturated carbocycles. The van der Waals surface area contributed by atoms with E-state index in [0.717, 1.165) is 6.42 Å². The summed E-state index contributed by atoms with van der Waals surface area (Å²) in [6, 6.07) is 0. The molecule has 0 N–H and O–H groups in total. The molecule has 0 aromatic rings. The van der Waals surface area contributed by atoms with Gasteiger partial charge in [-0.3, -0.25) is 0 Å². The number of hydrogen-bond acceptors (Lipinski definition) is 0. The Morgan fingerprint density at radius 3 is 2.42 bits per heavy atom. The van der Waals surface area contributed by atoms with E-state index in [9.17, 15) is 0 Å². The van der Waals surface area contributed by atoms with Crippen LogP contribution in [0.1, 0.15) is 19.3 Å². The quantitative estimate of drug-likeness (QED) is 0.355. The Bertz CT molecular complexity index is 165. The van der Waals surface area contributed by atoms with E-state index in [1.54, 1.807) is 0 Å². The van der Waals surface area contributed by atoms with E-state index in [2.05, 4.69) is 18.7 Å². The van der Waals surface area contributed by atoms with Gasteiger partial charge in [-0.2, -0.15) is 0 Å². The number of hydrogen-bond donors (Lipinski definition) is 0. The summed E-state index contributed by atoms with van der Waals surface area (Å²) < 4.78 is 0. The molecule has 0 aliphatic carbocycles. The third-order valence-corrected chi connectivity index (χ3v) is 5.87. The van der Waals surface area contributed by atoms with E-state index in [1.165, 1.54) is 31.3 Å². The summed E-state index contributed by atoms with van der Waals surface area (Å²) in [7, 11) is 5.31. The van der Waals surface area contributed by atoms with Crippen molar-refractivity contribution in [3.05, 3.63) is 24.8 Å². The molecule has 3 radical (unpaired) electrons. The molecule has 0 atom stereocenters. The zero-order chi connectivity index (χ0) is 8.86. The molecule has 0 amide bonds. The van der Waals surface area contributed by atoms with Crippen molar-refractivity contribution in [3.8, 4) is 0 Å². The van der Waals surface area contributed by atoms with Crippen LogP contribution in [0.3, 0.4) is 0 Å². The predicted molar refractivity (Wildman–Crippen MR) is 60.5 cm³/mol. The molecule has 65 valence electrons. The zero-order valence-electron chi connectivity index (χ0n) is 7.71. The maximum Gasteiger partial charge on any atom is 0.0152 e. The molecule has 0 fully saturated rings. The first kappa shape index (κ1) is 10.1. The van der Waals surface area contributed by atoms with Crippen LogP contribution >= 0.6 is 7.14 Å². The first-order valence-electron chi connectivity index (χ1n) is 4.67. The van der Waals surface area contributed by atoms with Crippen molar-refractivity contribution in [3.63, 3.8) is 0 Å². The lowest BCUT2D eigenvalue weighted by atomic mass is 10.4. The van der Waals surface area contributed by atoms with E-state index in [1.807, 2.05) is 6.08 Å². The van der Waals surface area contributed by atoms with Crippen LogP contribution < -0.4 is 0 Å². The molecule has 0 nitrogen and oxygen atoms in total. The molecule has 1 aliphatic rings. The fraction of sp³-hybridized carbons (Fsp3) is 0.600. The van der Waals surface area contributed by atoms with Crippen molar-refractivity contribution in [1.29, 1.82) is 0 Å². The SMILES string of the molecule is [B-][P+]1(CCC=C)CCC=CCC1. The van der Waals surface area contributed by atoms with Crippen LogP contribution in [0.5, 0.6) is 0 Å². The van der Waals surface area contributed by atoms with Crippen molar-refractivity contribution in [2.24, 2.45) is 0 Å². The molecule has 0 aromatic carbocycles. The predicted octanol–water partition coefficient (Wildman–Crippen LogP) is 3.01. The van der Waals surface area contributed by atoms with Gasteiger partial charge < -0.3 is 7.57 Å². The second kappa shape index (κ2) is 4.87. The summed E-state index contributed by atoms with van der Waals surface area (Å²) in [6.07, 6.45) is 13.7. The highest BCUT2D eigenvalue weighted by Crippen LogP contribution is 2.56. The Morgan fingerprint density at radius 2 is 1.92 bits per heavy atom. The molecule has 1 rings (SSSR count). The standard InChI is InChI=1S/C10H17BP/c1-2-3-8-12(11)9-6-4-5-7-10-12/h2,4-5H,1,3,6-10H2. The zero-order valence-corrected chi connectivity index (χ0v) is 8.60. The highest BCUT2D eigenvalue weighted by Gasteiger charge is 2.16. The van der Waals surface area contributed by atoms with Crippen LogP contribution in [-0.2, 0) is 0 Å². The van der Waals surface area contributed by atoms with Crippen molar-refractivity contribution in [1.82, 2.24) is 0 Å². The summed E-state index contributed by atoms with van der Waals surface area (Å²) in [5.41, 5.74) is 0. The molecule has 1 aliphatic heterocycles. The molecule has 0 aromatic heterocycles. The topological polar surface area (TPSA) is 0 Å². The number of allylic oxidation sites excluding steroid dienone is 3. The lowest BCUT2D eigenvalue weighted by Crippen LogP contribution is -2.05. The van der Waals surface area contributed by atoms with E-state index in [-0.39, 0.29) is 0 Å². The first-order valence-corrected chi connectivity index (χ1v) is 7.09. The van der Waals surface area contributed by atoms with E-state index in [4.69, 9.17) is 7.57 Å². The molecular formula is C10H17BP. The Labute approximate surface area is 77.8 Å². The molecule has 0 saturated heterocycles. The summed E-state index contributed by atoms with van der Waals surface area (Å²) in [5, 5.41) is 0. The Morgan fingerprint density at radius 1 is 1.33 bits per heavy atom. The summed E-state index contributed by atoms with van der Waals surface area (Å²) in [4.78, 5) is 0.